The van der Waals surface area contributed by atoms with Crippen LogP contribution in [0, 0.1) is 5.92 Å². The molecule has 1 aromatic carbocycles. The number of piperazine rings is 1. The summed E-state index contributed by atoms with van der Waals surface area (Å²) in [5, 5.41) is 12.6. The minimum absolute atomic E-state index is 0.301. The lowest BCUT2D eigenvalue weighted by Crippen LogP contribution is -3.26. The zero-order valence-electron chi connectivity index (χ0n) is 15.9. The molecule has 2 aromatic rings. The summed E-state index contributed by atoms with van der Waals surface area (Å²) < 4.78 is 2.01. The third-order valence-electron chi connectivity index (χ3n) is 5.20. The van der Waals surface area contributed by atoms with Crippen molar-refractivity contribution in [3.8, 4) is 0 Å². The van der Waals surface area contributed by atoms with Gasteiger partial charge in [-0.2, -0.15) is 0 Å². The third-order valence-corrected chi connectivity index (χ3v) is 5.20. The summed E-state index contributed by atoms with van der Waals surface area (Å²) in [5.41, 5.74) is 1.41. The van der Waals surface area contributed by atoms with Gasteiger partial charge < -0.3 is 4.90 Å². The number of quaternary nitrogens is 2. The largest absolute Gasteiger partial charge is 0.317 e. The van der Waals surface area contributed by atoms with Crippen LogP contribution in [0.1, 0.15) is 52.0 Å². The first-order valence-corrected chi connectivity index (χ1v) is 9.58. The third kappa shape index (κ3) is 4.25. The quantitative estimate of drug-likeness (QED) is 0.800. The molecule has 1 aliphatic rings. The number of tetrazole rings is 1. The highest BCUT2D eigenvalue weighted by Gasteiger charge is 2.35. The molecule has 25 heavy (non-hydrogen) atoms. The lowest BCUT2D eigenvalue weighted by Gasteiger charge is -2.34. The number of hydrogen-bond acceptors (Lipinski definition) is 3. The Hall–Kier alpha value is -1.79. The van der Waals surface area contributed by atoms with E-state index in [1.807, 2.05) is 4.68 Å². The topological polar surface area (TPSA) is 52.5 Å². The molecule has 0 unspecified atom stereocenters. The van der Waals surface area contributed by atoms with Crippen molar-refractivity contribution in [3.63, 3.8) is 0 Å². The Bertz CT molecular complexity index is 643. The lowest BCUT2D eigenvalue weighted by atomic mass is 10.0. The average molecular weight is 345 g/mol. The van der Waals surface area contributed by atoms with Crippen molar-refractivity contribution in [1.82, 2.24) is 20.2 Å². The minimum Gasteiger partial charge on any atom is -0.317 e. The zero-order valence-corrected chi connectivity index (χ0v) is 15.9. The maximum Gasteiger partial charge on any atom is 0.209 e. The fourth-order valence-corrected chi connectivity index (χ4v) is 3.91. The molecule has 136 valence electrons. The van der Waals surface area contributed by atoms with Crippen molar-refractivity contribution in [3.05, 3.63) is 36.2 Å². The van der Waals surface area contributed by atoms with Crippen LogP contribution < -0.4 is 9.80 Å². The van der Waals surface area contributed by atoms with Crippen LogP contribution in [0.4, 0.5) is 5.69 Å². The van der Waals surface area contributed by atoms with Gasteiger partial charge in [0.05, 0.1) is 6.04 Å². The Balaban J connectivity index is 1.74. The van der Waals surface area contributed by atoms with Crippen LogP contribution in [-0.2, 0) is 0 Å². The molecule has 6 heteroatoms. The van der Waals surface area contributed by atoms with Crippen molar-refractivity contribution >= 4 is 5.69 Å². The van der Waals surface area contributed by atoms with E-state index in [-0.39, 0.29) is 0 Å². The molecule has 1 aliphatic heterocycles. The molecule has 0 aliphatic carbocycles. The monoisotopic (exact) mass is 344 g/mol. The molecule has 2 N–H and O–H groups in total. The Morgan fingerprint density at radius 2 is 1.68 bits per heavy atom. The van der Waals surface area contributed by atoms with E-state index in [9.17, 15) is 0 Å². The second kappa shape index (κ2) is 8.06. The van der Waals surface area contributed by atoms with Crippen LogP contribution in [0.2, 0.25) is 0 Å². The standard InChI is InChI=1S/C19H30N6/c1-15(2)14-18(19-20-21-22-25(19)16(3)4)24-12-10-23(11-13-24)17-8-6-5-7-9-17/h5-9,15-16,18H,10-14H2,1-4H3/p+2/t18-/m0/s1. The number of para-hydroxylation sites is 1. The SMILES string of the molecule is CC(C)C[C@@H](c1nnnn1C(C)C)[NH+]1CC[NH+](c2ccccc2)CC1. The predicted molar refractivity (Wildman–Crippen MR) is 97.9 cm³/mol. The molecule has 0 bridgehead atoms. The maximum atomic E-state index is 4.42. The molecule has 1 atom stereocenters. The molecule has 0 spiro atoms. The van der Waals surface area contributed by atoms with Crippen LogP contribution in [0.3, 0.4) is 0 Å². The molecule has 2 heterocycles. The number of rotatable bonds is 6. The smallest absolute Gasteiger partial charge is 0.209 e. The molecule has 0 saturated carbocycles. The Morgan fingerprint density at radius 1 is 1.00 bits per heavy atom. The number of aromatic nitrogens is 4. The Kier molecular flexibility index (Phi) is 5.81. The van der Waals surface area contributed by atoms with Crippen LogP contribution in [0.25, 0.3) is 0 Å². The van der Waals surface area contributed by atoms with E-state index < -0.39 is 0 Å². The highest BCUT2D eigenvalue weighted by atomic mass is 15.6. The van der Waals surface area contributed by atoms with E-state index in [1.165, 1.54) is 5.69 Å². The van der Waals surface area contributed by atoms with Crippen LogP contribution in [0.5, 0.6) is 0 Å². The summed E-state index contributed by atoms with van der Waals surface area (Å²) in [6, 6.07) is 11.5. The van der Waals surface area contributed by atoms with Gasteiger partial charge in [-0.05, 0) is 42.3 Å². The van der Waals surface area contributed by atoms with Crippen molar-refractivity contribution in [2.24, 2.45) is 5.92 Å². The fourth-order valence-electron chi connectivity index (χ4n) is 3.91. The van der Waals surface area contributed by atoms with Crippen LogP contribution in [0.15, 0.2) is 30.3 Å². The van der Waals surface area contributed by atoms with Gasteiger partial charge >= 0.3 is 0 Å². The van der Waals surface area contributed by atoms with Crippen molar-refractivity contribution in [2.75, 3.05) is 26.2 Å². The van der Waals surface area contributed by atoms with Crippen LogP contribution >= 0.6 is 0 Å². The van der Waals surface area contributed by atoms with Crippen LogP contribution in [-0.4, -0.2) is 46.4 Å². The van der Waals surface area contributed by atoms with E-state index >= 15 is 0 Å². The van der Waals surface area contributed by atoms with Gasteiger partial charge in [-0.25, -0.2) is 4.68 Å². The predicted octanol–water partition coefficient (Wildman–Crippen LogP) is 0.456. The zero-order chi connectivity index (χ0) is 17.8. The number of hydrogen-bond donors (Lipinski definition) is 2. The molecule has 0 radical (unpaired) electrons. The van der Waals surface area contributed by atoms with E-state index in [0.29, 0.717) is 18.0 Å². The van der Waals surface area contributed by atoms with Crippen molar-refractivity contribution in [1.29, 1.82) is 0 Å². The maximum absolute atomic E-state index is 4.42. The Labute approximate surface area is 150 Å². The molecule has 1 fully saturated rings. The molecule has 0 amide bonds. The summed E-state index contributed by atoms with van der Waals surface area (Å²) in [6.07, 6.45) is 1.13. The van der Waals surface area contributed by atoms with Gasteiger partial charge in [0.25, 0.3) is 0 Å². The average Bonchev–Trinajstić information content (AvgIpc) is 3.10. The van der Waals surface area contributed by atoms with Gasteiger partial charge in [0, 0.05) is 6.42 Å². The van der Waals surface area contributed by atoms with E-state index in [1.54, 1.807) is 9.80 Å². The fraction of sp³-hybridized carbons (Fsp3) is 0.632. The first-order valence-electron chi connectivity index (χ1n) is 9.58. The first-order chi connectivity index (χ1) is 12.1. The van der Waals surface area contributed by atoms with Crippen molar-refractivity contribution in [2.45, 2.75) is 46.2 Å². The molecule has 6 nitrogen and oxygen atoms in total. The highest BCUT2D eigenvalue weighted by Crippen LogP contribution is 2.18. The number of benzene rings is 1. The summed E-state index contributed by atoms with van der Waals surface area (Å²) >= 11 is 0. The number of nitrogens with one attached hydrogen (secondary N) is 2. The molecule has 3 rings (SSSR count). The van der Waals surface area contributed by atoms with Gasteiger partial charge in [0.15, 0.2) is 6.04 Å². The molecular formula is C19H32N6+2. The van der Waals surface area contributed by atoms with Gasteiger partial charge in [-0.1, -0.05) is 32.0 Å². The summed E-state index contributed by atoms with van der Waals surface area (Å²) in [6.45, 7) is 13.5. The summed E-state index contributed by atoms with van der Waals surface area (Å²) in [7, 11) is 0. The summed E-state index contributed by atoms with van der Waals surface area (Å²) in [4.78, 5) is 3.22. The van der Waals surface area contributed by atoms with Gasteiger partial charge in [-0.3, -0.25) is 4.90 Å². The van der Waals surface area contributed by atoms with E-state index in [0.717, 1.165) is 38.4 Å². The first kappa shape index (κ1) is 18.0. The van der Waals surface area contributed by atoms with Gasteiger partial charge in [-0.15, -0.1) is 5.10 Å². The second-order valence-electron chi connectivity index (χ2n) is 7.89. The minimum atomic E-state index is 0.301. The van der Waals surface area contributed by atoms with E-state index in [4.69, 9.17) is 0 Å². The second-order valence-corrected chi connectivity index (χ2v) is 7.89. The van der Waals surface area contributed by atoms with Crippen molar-refractivity contribution < 1.29 is 9.80 Å². The molecule has 1 saturated heterocycles. The Morgan fingerprint density at radius 3 is 2.28 bits per heavy atom. The molecule has 1 aromatic heterocycles. The van der Waals surface area contributed by atoms with Gasteiger partial charge in [0.1, 0.15) is 31.9 Å². The number of nitrogens with zero attached hydrogens (tertiary/aromatic N) is 4. The molecular weight excluding hydrogens is 312 g/mol. The van der Waals surface area contributed by atoms with E-state index in [2.05, 4.69) is 73.6 Å². The summed E-state index contributed by atoms with van der Waals surface area (Å²) in [5.74, 6) is 1.69. The highest BCUT2D eigenvalue weighted by molar-refractivity contribution is 5.27. The van der Waals surface area contributed by atoms with Gasteiger partial charge in [0.2, 0.25) is 5.82 Å². The normalized spacial score (nSPS) is 22.5. The lowest BCUT2D eigenvalue weighted by molar-refractivity contribution is -1.01.